The van der Waals surface area contributed by atoms with E-state index in [2.05, 4.69) is 15.6 Å². The van der Waals surface area contributed by atoms with Crippen molar-refractivity contribution in [2.24, 2.45) is 4.99 Å². The van der Waals surface area contributed by atoms with Crippen LogP contribution in [0.3, 0.4) is 0 Å². The Hall–Kier alpha value is -0.930. The summed E-state index contributed by atoms with van der Waals surface area (Å²) in [6.45, 7) is 2.82. The van der Waals surface area contributed by atoms with Crippen LogP contribution >= 0.6 is 23.2 Å². The van der Waals surface area contributed by atoms with Crippen molar-refractivity contribution < 1.29 is 0 Å². The minimum absolute atomic E-state index is 0.683. The summed E-state index contributed by atoms with van der Waals surface area (Å²) in [5.74, 6) is 0.920. The van der Waals surface area contributed by atoms with Crippen molar-refractivity contribution in [3.8, 4) is 0 Å². The fraction of sp³-hybridized carbons (Fsp3) is 0.462. The Bertz CT molecular complexity index is 432. The fourth-order valence-electron chi connectivity index (χ4n) is 1.86. The Balaban J connectivity index is 1.73. The molecule has 0 saturated heterocycles. The van der Waals surface area contributed by atoms with E-state index in [1.807, 2.05) is 12.1 Å². The zero-order valence-corrected chi connectivity index (χ0v) is 11.7. The molecule has 0 aromatic heterocycles. The SMILES string of the molecule is Clc1ccc(CCCNC2=NCCCN2)c(Cl)c1. The van der Waals surface area contributed by atoms with E-state index in [9.17, 15) is 0 Å². The van der Waals surface area contributed by atoms with Crippen molar-refractivity contribution in [3.63, 3.8) is 0 Å². The first-order valence-electron chi connectivity index (χ1n) is 6.22. The van der Waals surface area contributed by atoms with Gasteiger partial charge in [0.1, 0.15) is 0 Å². The average Bonchev–Trinajstić information content (AvgIpc) is 2.38. The molecule has 0 fully saturated rings. The zero-order chi connectivity index (χ0) is 12.8. The quantitative estimate of drug-likeness (QED) is 0.835. The second-order valence-electron chi connectivity index (χ2n) is 4.28. The molecule has 0 aliphatic carbocycles. The molecule has 0 spiro atoms. The highest BCUT2D eigenvalue weighted by molar-refractivity contribution is 6.35. The van der Waals surface area contributed by atoms with Crippen molar-refractivity contribution in [1.29, 1.82) is 0 Å². The number of benzene rings is 1. The van der Waals surface area contributed by atoms with Gasteiger partial charge in [0.15, 0.2) is 5.96 Å². The molecule has 1 aliphatic heterocycles. The standard InChI is InChI=1S/C13H17Cl2N3/c14-11-5-4-10(12(15)9-11)3-1-6-16-13-17-7-2-8-18-13/h4-5,9H,1-3,6-8H2,(H2,16,17,18). The van der Waals surface area contributed by atoms with E-state index < -0.39 is 0 Å². The highest BCUT2D eigenvalue weighted by Crippen LogP contribution is 2.21. The van der Waals surface area contributed by atoms with Crippen LogP contribution in [-0.4, -0.2) is 25.6 Å². The van der Waals surface area contributed by atoms with E-state index in [1.165, 1.54) is 0 Å². The molecule has 0 unspecified atom stereocenters. The normalized spacial score (nSPS) is 14.9. The first-order chi connectivity index (χ1) is 8.75. The Morgan fingerprint density at radius 3 is 2.94 bits per heavy atom. The maximum atomic E-state index is 6.12. The van der Waals surface area contributed by atoms with Crippen LogP contribution in [0.1, 0.15) is 18.4 Å². The van der Waals surface area contributed by atoms with Gasteiger partial charge in [0.2, 0.25) is 0 Å². The van der Waals surface area contributed by atoms with E-state index in [-0.39, 0.29) is 0 Å². The first kappa shape index (κ1) is 13.5. The number of aryl methyl sites for hydroxylation is 1. The van der Waals surface area contributed by atoms with Gasteiger partial charge in [-0.2, -0.15) is 0 Å². The summed E-state index contributed by atoms with van der Waals surface area (Å²) in [6, 6.07) is 5.66. The van der Waals surface area contributed by atoms with Gasteiger partial charge in [-0.05, 0) is 37.0 Å². The lowest BCUT2D eigenvalue weighted by Crippen LogP contribution is -2.41. The maximum absolute atomic E-state index is 6.12. The smallest absolute Gasteiger partial charge is 0.191 e. The molecule has 2 N–H and O–H groups in total. The fourth-order valence-corrected chi connectivity index (χ4v) is 2.36. The first-order valence-corrected chi connectivity index (χ1v) is 6.97. The Kier molecular flexibility index (Phi) is 5.14. The Morgan fingerprint density at radius 1 is 1.33 bits per heavy atom. The predicted octanol–water partition coefficient (Wildman–Crippen LogP) is 2.86. The summed E-state index contributed by atoms with van der Waals surface area (Å²) in [6.07, 6.45) is 3.07. The molecule has 98 valence electrons. The van der Waals surface area contributed by atoms with Gasteiger partial charge in [-0.15, -0.1) is 0 Å². The second kappa shape index (κ2) is 6.86. The molecule has 5 heteroatoms. The van der Waals surface area contributed by atoms with Crippen LogP contribution < -0.4 is 10.6 Å². The molecule has 18 heavy (non-hydrogen) atoms. The Morgan fingerprint density at radius 2 is 2.22 bits per heavy atom. The molecule has 0 radical (unpaired) electrons. The van der Waals surface area contributed by atoms with E-state index >= 15 is 0 Å². The Labute approximate surface area is 118 Å². The number of guanidine groups is 1. The van der Waals surface area contributed by atoms with Crippen molar-refractivity contribution in [2.75, 3.05) is 19.6 Å². The number of hydrogen-bond donors (Lipinski definition) is 2. The third kappa shape index (κ3) is 4.07. The molecule has 0 amide bonds. The monoisotopic (exact) mass is 285 g/mol. The third-order valence-corrected chi connectivity index (χ3v) is 3.41. The predicted molar refractivity (Wildman–Crippen MR) is 77.7 cm³/mol. The second-order valence-corrected chi connectivity index (χ2v) is 5.12. The lowest BCUT2D eigenvalue weighted by Gasteiger charge is -2.15. The van der Waals surface area contributed by atoms with Gasteiger partial charge in [0.25, 0.3) is 0 Å². The van der Waals surface area contributed by atoms with Crippen LogP contribution in [0, 0.1) is 0 Å². The van der Waals surface area contributed by atoms with Gasteiger partial charge in [0, 0.05) is 29.7 Å². The van der Waals surface area contributed by atoms with Gasteiger partial charge < -0.3 is 10.6 Å². The summed E-state index contributed by atoms with van der Waals surface area (Å²) < 4.78 is 0. The van der Waals surface area contributed by atoms with E-state index in [0.717, 1.165) is 55.4 Å². The van der Waals surface area contributed by atoms with Crippen LogP contribution in [-0.2, 0) is 6.42 Å². The van der Waals surface area contributed by atoms with Gasteiger partial charge in [-0.25, -0.2) is 0 Å². The number of aliphatic imine (C=N–C) groups is 1. The number of nitrogens with one attached hydrogen (secondary N) is 2. The molecule has 1 aliphatic rings. The van der Waals surface area contributed by atoms with Crippen molar-refractivity contribution in [3.05, 3.63) is 33.8 Å². The minimum Gasteiger partial charge on any atom is -0.356 e. The molecule has 0 bridgehead atoms. The van der Waals surface area contributed by atoms with Crippen molar-refractivity contribution in [2.45, 2.75) is 19.3 Å². The summed E-state index contributed by atoms with van der Waals surface area (Å²) in [4.78, 5) is 4.35. The molecule has 0 atom stereocenters. The molecular formula is C13H17Cl2N3. The van der Waals surface area contributed by atoms with Crippen molar-refractivity contribution >= 4 is 29.2 Å². The molecule has 1 aromatic carbocycles. The van der Waals surface area contributed by atoms with E-state index in [1.54, 1.807) is 6.07 Å². The minimum atomic E-state index is 0.683. The topological polar surface area (TPSA) is 36.4 Å². The summed E-state index contributed by atoms with van der Waals surface area (Å²) in [5, 5.41) is 7.95. The summed E-state index contributed by atoms with van der Waals surface area (Å²) in [5.41, 5.74) is 1.14. The maximum Gasteiger partial charge on any atom is 0.191 e. The zero-order valence-electron chi connectivity index (χ0n) is 10.2. The average molecular weight is 286 g/mol. The van der Waals surface area contributed by atoms with Gasteiger partial charge in [0.05, 0.1) is 0 Å². The van der Waals surface area contributed by atoms with Gasteiger partial charge in [-0.1, -0.05) is 29.3 Å². The lowest BCUT2D eigenvalue weighted by molar-refractivity contribution is 0.686. The number of hydrogen-bond acceptors (Lipinski definition) is 3. The molecule has 0 saturated carbocycles. The van der Waals surface area contributed by atoms with Crippen LogP contribution in [0.5, 0.6) is 0 Å². The van der Waals surface area contributed by atoms with Crippen LogP contribution in [0.15, 0.2) is 23.2 Å². The van der Waals surface area contributed by atoms with Gasteiger partial charge in [-0.3, -0.25) is 4.99 Å². The molecule has 1 heterocycles. The van der Waals surface area contributed by atoms with E-state index in [0.29, 0.717) is 5.02 Å². The summed E-state index contributed by atoms with van der Waals surface area (Å²) >= 11 is 12.0. The molecular weight excluding hydrogens is 269 g/mol. The van der Waals surface area contributed by atoms with Gasteiger partial charge >= 0.3 is 0 Å². The summed E-state index contributed by atoms with van der Waals surface area (Å²) in [7, 11) is 0. The lowest BCUT2D eigenvalue weighted by atomic mass is 10.1. The molecule has 1 aromatic rings. The largest absolute Gasteiger partial charge is 0.356 e. The highest BCUT2D eigenvalue weighted by atomic mass is 35.5. The third-order valence-electron chi connectivity index (χ3n) is 2.83. The molecule has 3 nitrogen and oxygen atoms in total. The number of rotatable bonds is 4. The van der Waals surface area contributed by atoms with Crippen LogP contribution in [0.25, 0.3) is 0 Å². The molecule has 2 rings (SSSR count). The number of halogens is 2. The van der Waals surface area contributed by atoms with Crippen molar-refractivity contribution in [1.82, 2.24) is 10.6 Å². The highest BCUT2D eigenvalue weighted by Gasteiger charge is 2.04. The van der Waals surface area contributed by atoms with Crippen LogP contribution in [0.4, 0.5) is 0 Å². The van der Waals surface area contributed by atoms with E-state index in [4.69, 9.17) is 23.2 Å². The van der Waals surface area contributed by atoms with Crippen LogP contribution in [0.2, 0.25) is 10.0 Å². The number of nitrogens with zero attached hydrogens (tertiary/aromatic N) is 1.